The number of halogens is 1. The topological polar surface area (TPSA) is 29.1 Å². The third-order valence-electron chi connectivity index (χ3n) is 3.31. The van der Waals surface area contributed by atoms with Crippen LogP contribution in [-0.4, -0.2) is 5.91 Å². The van der Waals surface area contributed by atoms with Crippen LogP contribution in [0.2, 0.25) is 0 Å². The van der Waals surface area contributed by atoms with Gasteiger partial charge in [-0.3, -0.25) is 4.79 Å². The first-order chi connectivity index (χ1) is 10.7. The summed E-state index contributed by atoms with van der Waals surface area (Å²) in [6, 6.07) is 21.7. The van der Waals surface area contributed by atoms with E-state index < -0.39 is 0 Å². The monoisotopic (exact) mass is 351 g/mol. The van der Waals surface area contributed by atoms with Gasteiger partial charge in [0.05, 0.1) is 0 Å². The molecule has 0 atom stereocenters. The molecule has 3 aromatic carbocycles. The van der Waals surface area contributed by atoms with Crippen LogP contribution in [0.5, 0.6) is 0 Å². The number of anilines is 1. The molecule has 1 N–H and O–H groups in total. The van der Waals surface area contributed by atoms with Gasteiger partial charge < -0.3 is 5.32 Å². The minimum absolute atomic E-state index is 0.141. The van der Waals surface area contributed by atoms with Gasteiger partial charge in [-0.1, -0.05) is 58.4 Å². The molecule has 3 heteroatoms. The summed E-state index contributed by atoms with van der Waals surface area (Å²) in [7, 11) is 0. The molecule has 2 nitrogen and oxygen atoms in total. The zero-order chi connectivity index (χ0) is 15.4. The largest absolute Gasteiger partial charge is 0.322 e. The smallest absolute Gasteiger partial charge is 0.248 e. The third-order valence-corrected chi connectivity index (χ3v) is 3.84. The Morgan fingerprint density at radius 3 is 2.41 bits per heavy atom. The molecule has 0 spiro atoms. The van der Waals surface area contributed by atoms with E-state index in [4.69, 9.17) is 0 Å². The van der Waals surface area contributed by atoms with E-state index in [9.17, 15) is 4.79 Å². The fourth-order valence-corrected chi connectivity index (χ4v) is 2.46. The van der Waals surface area contributed by atoms with Crippen molar-refractivity contribution in [3.63, 3.8) is 0 Å². The number of carbonyl (C=O) groups excluding carboxylic acids is 1. The number of fused-ring (bicyclic) bond motifs is 1. The first kappa shape index (κ1) is 14.5. The molecule has 108 valence electrons. The third kappa shape index (κ3) is 3.62. The first-order valence-electron chi connectivity index (χ1n) is 6.94. The normalized spacial score (nSPS) is 11.0. The quantitative estimate of drug-likeness (QED) is 0.641. The molecular formula is C19H14BrNO. The van der Waals surface area contributed by atoms with Crippen molar-refractivity contribution >= 4 is 44.4 Å². The van der Waals surface area contributed by atoms with Crippen LogP contribution in [0.15, 0.2) is 77.3 Å². The highest BCUT2D eigenvalue weighted by atomic mass is 79.9. The summed E-state index contributed by atoms with van der Waals surface area (Å²) in [6.07, 6.45) is 3.33. The van der Waals surface area contributed by atoms with E-state index in [0.29, 0.717) is 0 Å². The molecule has 1 amide bonds. The minimum atomic E-state index is -0.141. The molecule has 0 bridgehead atoms. The van der Waals surface area contributed by atoms with Crippen LogP contribution >= 0.6 is 15.9 Å². The second-order valence-corrected chi connectivity index (χ2v) is 5.85. The van der Waals surface area contributed by atoms with Gasteiger partial charge in [0.25, 0.3) is 0 Å². The van der Waals surface area contributed by atoms with Gasteiger partial charge in [-0.05, 0) is 46.7 Å². The zero-order valence-corrected chi connectivity index (χ0v) is 13.4. The Morgan fingerprint density at radius 1 is 0.909 bits per heavy atom. The fraction of sp³-hybridized carbons (Fsp3) is 0. The summed E-state index contributed by atoms with van der Waals surface area (Å²) in [6.45, 7) is 0. The highest BCUT2D eigenvalue weighted by Gasteiger charge is 1.99. The van der Waals surface area contributed by atoms with Crippen molar-refractivity contribution in [1.29, 1.82) is 0 Å². The number of rotatable bonds is 3. The van der Waals surface area contributed by atoms with E-state index in [1.165, 1.54) is 0 Å². The molecule has 22 heavy (non-hydrogen) atoms. The summed E-state index contributed by atoms with van der Waals surface area (Å²) >= 11 is 3.39. The first-order valence-corrected chi connectivity index (χ1v) is 7.73. The standard InChI is InChI=1S/C19H14BrNO/c20-17-9-5-14(6-10-17)7-12-19(22)21-18-11-8-15-3-1-2-4-16(15)13-18/h1-13H,(H,21,22)/b12-7+. The minimum Gasteiger partial charge on any atom is -0.322 e. The number of carbonyl (C=O) groups is 1. The molecule has 0 aromatic heterocycles. The maximum Gasteiger partial charge on any atom is 0.248 e. The van der Waals surface area contributed by atoms with E-state index in [1.807, 2.05) is 66.7 Å². The van der Waals surface area contributed by atoms with Gasteiger partial charge in [0.2, 0.25) is 5.91 Å². The predicted molar refractivity (Wildman–Crippen MR) is 95.8 cm³/mol. The van der Waals surface area contributed by atoms with E-state index >= 15 is 0 Å². The molecule has 3 aromatic rings. The van der Waals surface area contributed by atoms with Crippen LogP contribution in [0.1, 0.15) is 5.56 Å². The van der Waals surface area contributed by atoms with Crippen LogP contribution in [0.3, 0.4) is 0 Å². The molecule has 0 unspecified atom stereocenters. The summed E-state index contributed by atoms with van der Waals surface area (Å²) in [5, 5.41) is 5.15. The van der Waals surface area contributed by atoms with Gasteiger partial charge in [0, 0.05) is 16.2 Å². The number of hydrogen-bond donors (Lipinski definition) is 1. The Labute approximate surface area is 137 Å². The lowest BCUT2D eigenvalue weighted by atomic mass is 10.1. The van der Waals surface area contributed by atoms with Crippen molar-refractivity contribution in [3.8, 4) is 0 Å². The lowest BCUT2D eigenvalue weighted by molar-refractivity contribution is -0.111. The number of hydrogen-bond acceptors (Lipinski definition) is 1. The lowest BCUT2D eigenvalue weighted by Crippen LogP contribution is -2.07. The fourth-order valence-electron chi connectivity index (χ4n) is 2.20. The summed E-state index contributed by atoms with van der Waals surface area (Å²) < 4.78 is 1.02. The molecule has 0 radical (unpaired) electrons. The maximum atomic E-state index is 12.0. The summed E-state index contributed by atoms with van der Waals surface area (Å²) in [5.41, 5.74) is 1.78. The molecule has 0 heterocycles. The number of nitrogens with one attached hydrogen (secondary N) is 1. The Hall–Kier alpha value is -2.39. The van der Waals surface area contributed by atoms with Gasteiger partial charge in [-0.2, -0.15) is 0 Å². The average Bonchev–Trinajstić information content (AvgIpc) is 2.54. The Kier molecular flexibility index (Phi) is 4.35. The molecule has 0 aliphatic rings. The summed E-state index contributed by atoms with van der Waals surface area (Å²) in [5.74, 6) is -0.141. The highest BCUT2D eigenvalue weighted by molar-refractivity contribution is 9.10. The molecule has 3 rings (SSSR count). The van der Waals surface area contributed by atoms with Crippen molar-refractivity contribution in [3.05, 3.63) is 82.8 Å². The van der Waals surface area contributed by atoms with Crippen LogP contribution in [0.4, 0.5) is 5.69 Å². The molecule has 0 aliphatic heterocycles. The van der Waals surface area contributed by atoms with Crippen LogP contribution in [-0.2, 0) is 4.79 Å². The van der Waals surface area contributed by atoms with E-state index in [1.54, 1.807) is 12.2 Å². The highest BCUT2D eigenvalue weighted by Crippen LogP contribution is 2.19. The van der Waals surface area contributed by atoms with Gasteiger partial charge in [0.1, 0.15) is 0 Å². The van der Waals surface area contributed by atoms with Crippen LogP contribution in [0, 0.1) is 0 Å². The van der Waals surface area contributed by atoms with Crippen molar-refractivity contribution in [2.75, 3.05) is 5.32 Å². The van der Waals surface area contributed by atoms with Crippen molar-refractivity contribution in [2.24, 2.45) is 0 Å². The molecule has 0 saturated heterocycles. The molecule has 0 saturated carbocycles. The molecular weight excluding hydrogens is 338 g/mol. The maximum absolute atomic E-state index is 12.0. The zero-order valence-electron chi connectivity index (χ0n) is 11.8. The van der Waals surface area contributed by atoms with Crippen molar-refractivity contribution < 1.29 is 4.79 Å². The van der Waals surface area contributed by atoms with E-state index in [2.05, 4.69) is 21.2 Å². The predicted octanol–water partition coefficient (Wildman–Crippen LogP) is 5.25. The second kappa shape index (κ2) is 6.58. The Balaban J connectivity index is 1.71. The van der Waals surface area contributed by atoms with Gasteiger partial charge in [0.15, 0.2) is 0 Å². The van der Waals surface area contributed by atoms with Gasteiger partial charge in [-0.25, -0.2) is 0 Å². The van der Waals surface area contributed by atoms with E-state index in [-0.39, 0.29) is 5.91 Å². The Bertz CT molecular complexity index is 837. The summed E-state index contributed by atoms with van der Waals surface area (Å²) in [4.78, 5) is 12.0. The number of benzene rings is 3. The van der Waals surface area contributed by atoms with Crippen LogP contribution < -0.4 is 5.32 Å². The molecule has 0 fully saturated rings. The number of amides is 1. The van der Waals surface area contributed by atoms with Crippen molar-refractivity contribution in [2.45, 2.75) is 0 Å². The van der Waals surface area contributed by atoms with Crippen molar-refractivity contribution in [1.82, 2.24) is 0 Å². The molecule has 0 aliphatic carbocycles. The second-order valence-electron chi connectivity index (χ2n) is 4.94. The Morgan fingerprint density at radius 2 is 1.64 bits per heavy atom. The van der Waals surface area contributed by atoms with Gasteiger partial charge >= 0.3 is 0 Å². The van der Waals surface area contributed by atoms with Crippen LogP contribution in [0.25, 0.3) is 16.8 Å². The lowest BCUT2D eigenvalue weighted by Gasteiger charge is -2.04. The SMILES string of the molecule is O=C(/C=C/c1ccc(Br)cc1)Nc1ccc2ccccc2c1. The van der Waals surface area contributed by atoms with E-state index in [0.717, 1.165) is 26.5 Å². The average molecular weight is 352 g/mol. The van der Waals surface area contributed by atoms with Gasteiger partial charge in [-0.15, -0.1) is 0 Å².